The third-order valence-corrected chi connectivity index (χ3v) is 5.67. The van der Waals surface area contributed by atoms with Crippen LogP contribution >= 0.6 is 0 Å². The van der Waals surface area contributed by atoms with E-state index in [4.69, 9.17) is 23.4 Å². The third kappa shape index (κ3) is 4.33. The predicted molar refractivity (Wildman–Crippen MR) is 119 cm³/mol. The minimum absolute atomic E-state index is 0.0591. The van der Waals surface area contributed by atoms with E-state index < -0.39 is 48.5 Å². The molecule has 0 aliphatic carbocycles. The van der Waals surface area contributed by atoms with E-state index >= 15 is 0 Å². The fourth-order valence-electron chi connectivity index (χ4n) is 3.82. The zero-order chi connectivity index (χ0) is 25.4. The molecule has 12 nitrogen and oxygen atoms in total. The maximum Gasteiger partial charge on any atom is 0.229 e. The topological polar surface area (TPSA) is 189 Å². The molecule has 0 radical (unpaired) electrons. The number of phenols is 2. The van der Waals surface area contributed by atoms with Gasteiger partial charge in [0.2, 0.25) is 12.0 Å². The van der Waals surface area contributed by atoms with Crippen molar-refractivity contribution in [1.82, 2.24) is 0 Å². The lowest BCUT2D eigenvalue weighted by atomic mass is 9.99. The molecule has 1 saturated heterocycles. The summed E-state index contributed by atoms with van der Waals surface area (Å²) in [6.45, 7) is -0.669. The second-order valence-electron chi connectivity index (χ2n) is 7.81. The van der Waals surface area contributed by atoms with Crippen LogP contribution in [0.5, 0.6) is 28.7 Å². The first-order valence-corrected chi connectivity index (χ1v) is 10.4. The molecule has 0 amide bonds. The molecule has 5 atom stereocenters. The highest BCUT2D eigenvalue weighted by atomic mass is 16.7. The highest BCUT2D eigenvalue weighted by Crippen LogP contribution is 2.43. The van der Waals surface area contributed by atoms with E-state index in [-0.39, 0.29) is 39.7 Å². The second kappa shape index (κ2) is 9.60. The predicted octanol–water partition coefficient (Wildman–Crippen LogP) is 0.0671. The first-order chi connectivity index (χ1) is 16.7. The number of hydrogen-bond acceptors (Lipinski definition) is 12. The van der Waals surface area contributed by atoms with Crippen LogP contribution < -0.4 is 19.6 Å². The number of aliphatic hydroxyl groups excluding tert-OH is 4. The number of benzene rings is 2. The lowest BCUT2D eigenvalue weighted by molar-refractivity contribution is -0.277. The molecule has 1 aliphatic heterocycles. The van der Waals surface area contributed by atoms with Crippen LogP contribution in [-0.2, 0) is 4.74 Å². The van der Waals surface area contributed by atoms with Crippen LogP contribution in [0.25, 0.3) is 22.3 Å². The number of phenolic OH excluding ortho intramolecular Hbond substituents is 2. The average Bonchev–Trinajstić information content (AvgIpc) is 2.84. The molecule has 12 heteroatoms. The Hall–Kier alpha value is -3.55. The Kier molecular flexibility index (Phi) is 6.74. The molecule has 6 N–H and O–H groups in total. The van der Waals surface area contributed by atoms with Gasteiger partial charge in [-0.3, -0.25) is 4.79 Å². The van der Waals surface area contributed by atoms with Crippen molar-refractivity contribution in [3.63, 3.8) is 0 Å². The maximum absolute atomic E-state index is 12.8. The molecule has 35 heavy (non-hydrogen) atoms. The van der Waals surface area contributed by atoms with E-state index in [2.05, 4.69) is 0 Å². The van der Waals surface area contributed by atoms with Crippen molar-refractivity contribution in [3.8, 4) is 40.1 Å². The summed E-state index contributed by atoms with van der Waals surface area (Å²) >= 11 is 0. The fourth-order valence-corrected chi connectivity index (χ4v) is 3.82. The largest absolute Gasteiger partial charge is 0.504 e. The van der Waals surface area contributed by atoms with E-state index in [1.807, 2.05) is 0 Å². The van der Waals surface area contributed by atoms with Gasteiger partial charge in [-0.2, -0.15) is 0 Å². The SMILES string of the molecule is COc1ccc(-c2cc(=O)c3c(O)c(OC)c(OC4OC(CO)C(O)C(O)C4O)cc3o2)cc1O. The summed E-state index contributed by atoms with van der Waals surface area (Å²) in [5.41, 5.74) is -0.401. The molecule has 0 spiro atoms. The van der Waals surface area contributed by atoms with Gasteiger partial charge in [0, 0.05) is 17.7 Å². The van der Waals surface area contributed by atoms with Crippen molar-refractivity contribution < 1.29 is 54.0 Å². The summed E-state index contributed by atoms with van der Waals surface area (Å²) in [6, 6.07) is 6.70. The van der Waals surface area contributed by atoms with Crippen molar-refractivity contribution in [2.75, 3.05) is 20.8 Å². The zero-order valence-electron chi connectivity index (χ0n) is 18.6. The number of ether oxygens (including phenoxy) is 4. The van der Waals surface area contributed by atoms with E-state index in [1.165, 1.54) is 32.4 Å². The molecule has 188 valence electrons. The first kappa shape index (κ1) is 24.6. The smallest absolute Gasteiger partial charge is 0.229 e. The molecule has 2 heterocycles. The molecule has 1 aromatic heterocycles. The Bertz CT molecular complexity index is 1280. The van der Waals surface area contributed by atoms with Gasteiger partial charge in [-0.05, 0) is 18.2 Å². The lowest BCUT2D eigenvalue weighted by Gasteiger charge is -2.39. The van der Waals surface area contributed by atoms with Gasteiger partial charge >= 0.3 is 0 Å². The van der Waals surface area contributed by atoms with E-state index in [1.54, 1.807) is 6.07 Å². The van der Waals surface area contributed by atoms with Gasteiger partial charge in [0.1, 0.15) is 41.1 Å². The molecule has 3 aromatic rings. The standard InChI is InChI=1S/C23H24O12/c1-31-12-4-3-9(5-10(12)25)13-6-11(26)17-14(33-13)7-15(22(32-2)19(17)28)34-23-21(30)20(29)18(27)16(8-24)35-23/h3-7,16,18,20-21,23-25,27-30H,8H2,1-2H3. The van der Waals surface area contributed by atoms with Gasteiger partial charge in [0.25, 0.3) is 0 Å². The molecule has 4 rings (SSSR count). The van der Waals surface area contributed by atoms with Gasteiger partial charge in [0.05, 0.1) is 20.8 Å². The number of aromatic hydroxyl groups is 2. The van der Waals surface area contributed by atoms with Crippen LogP contribution in [0.15, 0.2) is 39.5 Å². The van der Waals surface area contributed by atoms with Gasteiger partial charge in [-0.25, -0.2) is 0 Å². The summed E-state index contributed by atoms with van der Waals surface area (Å²) in [6.07, 6.45) is -7.83. The Morgan fingerprint density at radius 1 is 0.943 bits per heavy atom. The van der Waals surface area contributed by atoms with Crippen LogP contribution in [0, 0.1) is 0 Å². The normalized spacial score (nSPS) is 24.3. The van der Waals surface area contributed by atoms with Gasteiger partial charge < -0.3 is 54.0 Å². The average molecular weight is 492 g/mol. The van der Waals surface area contributed by atoms with Crippen molar-refractivity contribution >= 4 is 11.0 Å². The minimum Gasteiger partial charge on any atom is -0.504 e. The van der Waals surface area contributed by atoms with Gasteiger partial charge in [0.15, 0.2) is 28.4 Å². The van der Waals surface area contributed by atoms with Crippen LogP contribution in [-0.4, -0.2) is 82.2 Å². The Balaban J connectivity index is 1.80. The number of fused-ring (bicyclic) bond motifs is 1. The summed E-state index contributed by atoms with van der Waals surface area (Å²) in [7, 11) is 2.59. The third-order valence-electron chi connectivity index (χ3n) is 5.67. The molecular formula is C23H24O12. The number of rotatable bonds is 6. The maximum atomic E-state index is 12.8. The van der Waals surface area contributed by atoms with Crippen LogP contribution in [0.3, 0.4) is 0 Å². The molecule has 1 aliphatic rings. The quantitative estimate of drug-likeness (QED) is 0.272. The summed E-state index contributed by atoms with van der Waals surface area (Å²) in [4.78, 5) is 12.8. The lowest BCUT2D eigenvalue weighted by Crippen LogP contribution is -2.60. The highest BCUT2D eigenvalue weighted by molar-refractivity contribution is 5.89. The van der Waals surface area contributed by atoms with Crippen molar-refractivity contribution in [1.29, 1.82) is 0 Å². The Morgan fingerprint density at radius 3 is 2.31 bits per heavy atom. The molecule has 0 bridgehead atoms. The van der Waals surface area contributed by atoms with Crippen molar-refractivity contribution in [3.05, 3.63) is 40.6 Å². The summed E-state index contributed by atoms with van der Waals surface area (Å²) in [5.74, 6) is -1.02. The highest BCUT2D eigenvalue weighted by Gasteiger charge is 2.45. The Morgan fingerprint density at radius 2 is 1.69 bits per heavy atom. The molecule has 5 unspecified atom stereocenters. The monoisotopic (exact) mass is 492 g/mol. The fraction of sp³-hybridized carbons (Fsp3) is 0.348. The molecule has 2 aromatic carbocycles. The van der Waals surface area contributed by atoms with Crippen molar-refractivity contribution in [2.45, 2.75) is 30.7 Å². The van der Waals surface area contributed by atoms with Crippen molar-refractivity contribution in [2.24, 2.45) is 0 Å². The van der Waals surface area contributed by atoms with Gasteiger partial charge in [-0.15, -0.1) is 0 Å². The van der Waals surface area contributed by atoms with E-state index in [0.717, 1.165) is 6.07 Å². The molecule has 0 saturated carbocycles. The molecular weight excluding hydrogens is 468 g/mol. The van der Waals surface area contributed by atoms with Crippen LogP contribution in [0.2, 0.25) is 0 Å². The number of aliphatic hydroxyl groups is 4. The summed E-state index contributed by atoms with van der Waals surface area (Å²) < 4.78 is 26.9. The molecule has 1 fully saturated rings. The number of methoxy groups -OCH3 is 2. The van der Waals surface area contributed by atoms with E-state index in [9.17, 15) is 35.4 Å². The zero-order valence-corrected chi connectivity index (χ0v) is 18.6. The van der Waals surface area contributed by atoms with Crippen LogP contribution in [0.1, 0.15) is 0 Å². The minimum atomic E-state index is -1.73. The first-order valence-electron chi connectivity index (χ1n) is 10.4. The van der Waals surface area contributed by atoms with Gasteiger partial charge in [-0.1, -0.05) is 0 Å². The van der Waals surface area contributed by atoms with Crippen LogP contribution in [0.4, 0.5) is 0 Å². The van der Waals surface area contributed by atoms with E-state index in [0.29, 0.717) is 5.56 Å². The second-order valence-corrected chi connectivity index (χ2v) is 7.81. The Labute approximate surface area is 197 Å². The number of hydrogen-bond donors (Lipinski definition) is 6. The summed E-state index contributed by atoms with van der Waals surface area (Å²) in [5, 5.41) is 60.2.